The zero-order valence-corrected chi connectivity index (χ0v) is 26.0. The smallest absolute Gasteiger partial charge is 0.225 e. The number of rotatable bonds is 6. The van der Waals surface area contributed by atoms with Crippen LogP contribution in [0.15, 0.2) is 58.3 Å². The number of phenols is 2. The molecule has 1 heterocycles. The number of phenolic OH excluding ortho intramolecular Hbond substituents is 2. The third kappa shape index (κ3) is 3.78. The van der Waals surface area contributed by atoms with Crippen LogP contribution in [0.25, 0.3) is 21.5 Å². The van der Waals surface area contributed by atoms with Crippen molar-refractivity contribution in [2.75, 3.05) is 28.4 Å². The summed E-state index contributed by atoms with van der Waals surface area (Å²) < 4.78 is 22.9. The molecule has 0 saturated heterocycles. The van der Waals surface area contributed by atoms with Crippen LogP contribution in [0.4, 0.5) is 0 Å². The van der Waals surface area contributed by atoms with Gasteiger partial charge in [-0.25, -0.2) is 4.98 Å². The van der Waals surface area contributed by atoms with Crippen molar-refractivity contribution in [3.63, 3.8) is 0 Å². The average Bonchev–Trinajstić information content (AvgIpc) is 3.53. The van der Waals surface area contributed by atoms with Crippen LogP contribution < -0.4 is 18.9 Å². The number of hydrogen-bond acceptors (Lipinski definition) is 10. The number of carbonyl (C=O) groups excluding carboxylic acids is 2. The third-order valence-electron chi connectivity index (χ3n) is 8.86. The normalized spacial score (nSPS) is 16.8. The highest BCUT2D eigenvalue weighted by atomic mass is 32.2. The minimum Gasteiger partial charge on any atom is -0.507 e. The summed E-state index contributed by atoms with van der Waals surface area (Å²) in [5, 5.41) is 24.7. The van der Waals surface area contributed by atoms with Gasteiger partial charge in [-0.3, -0.25) is 9.59 Å². The molecule has 2 aliphatic carbocycles. The summed E-state index contributed by atoms with van der Waals surface area (Å²) in [5.41, 5.74) is 0.232. The van der Waals surface area contributed by atoms with Crippen molar-refractivity contribution in [1.29, 1.82) is 0 Å². The maximum absolute atomic E-state index is 15.1. The molecule has 0 radical (unpaired) electrons. The summed E-state index contributed by atoms with van der Waals surface area (Å²) in [6.45, 7) is 1.86. The molecule has 228 valence electrons. The standard InChI is InChI=1S/C35H29NO8S/c1-16-13-18-14-17-11-12-35(27(17)30(43-4)22(18)34(36-16)44-5)32(39)24-26(33(35)40)31(45-19-9-7-6-8-10-19)25-23(28(24)38)20(37)15-21(41-2)29(25)42-3/h6-10,13-15,37-38H,11-12H2,1-5H3. The van der Waals surface area contributed by atoms with Crippen LogP contribution in [-0.2, 0) is 11.8 Å². The van der Waals surface area contributed by atoms with Gasteiger partial charge >= 0.3 is 0 Å². The summed E-state index contributed by atoms with van der Waals surface area (Å²) in [4.78, 5) is 35.6. The maximum Gasteiger partial charge on any atom is 0.225 e. The van der Waals surface area contributed by atoms with E-state index < -0.39 is 22.7 Å². The highest BCUT2D eigenvalue weighted by molar-refractivity contribution is 7.99. The van der Waals surface area contributed by atoms with Gasteiger partial charge in [0.1, 0.15) is 22.7 Å². The lowest BCUT2D eigenvalue weighted by Crippen LogP contribution is -2.36. The number of aryl methyl sites for hydroxylation is 2. The Morgan fingerprint density at radius 3 is 2.20 bits per heavy atom. The molecule has 5 aromatic rings. The first-order valence-corrected chi connectivity index (χ1v) is 15.1. The molecule has 7 rings (SSSR count). The van der Waals surface area contributed by atoms with E-state index in [9.17, 15) is 15.0 Å². The van der Waals surface area contributed by atoms with E-state index in [2.05, 4.69) is 4.98 Å². The monoisotopic (exact) mass is 623 g/mol. The van der Waals surface area contributed by atoms with Gasteiger partial charge in [-0.2, -0.15) is 0 Å². The lowest BCUT2D eigenvalue weighted by Gasteiger charge is -2.25. The fraction of sp³-hybridized carbons (Fsp3) is 0.229. The van der Waals surface area contributed by atoms with E-state index in [1.54, 1.807) is 0 Å². The van der Waals surface area contributed by atoms with Gasteiger partial charge < -0.3 is 29.2 Å². The van der Waals surface area contributed by atoms with Gasteiger partial charge in [-0.15, -0.1) is 0 Å². The molecule has 1 spiro atoms. The summed E-state index contributed by atoms with van der Waals surface area (Å²) in [5.74, 6) is -0.753. The number of pyridine rings is 1. The van der Waals surface area contributed by atoms with E-state index in [0.29, 0.717) is 33.9 Å². The SMILES string of the molecule is COc1cc(O)c2c(O)c3c(c(Sc4ccccc4)c2c1OC)C(=O)C1(CCc2cc4cc(C)nc(OC)c4c(OC)c21)C3=O. The molecule has 1 unspecified atom stereocenters. The molecule has 0 aliphatic heterocycles. The second-order valence-electron chi connectivity index (χ2n) is 11.1. The minimum absolute atomic E-state index is 0.00641. The van der Waals surface area contributed by atoms with Gasteiger partial charge in [-0.1, -0.05) is 36.0 Å². The minimum atomic E-state index is -1.68. The van der Waals surface area contributed by atoms with Crippen molar-refractivity contribution in [2.24, 2.45) is 0 Å². The Balaban J connectivity index is 1.60. The van der Waals surface area contributed by atoms with E-state index in [-0.39, 0.29) is 45.6 Å². The van der Waals surface area contributed by atoms with E-state index in [1.165, 1.54) is 46.3 Å². The molecule has 2 aliphatic rings. The molecular weight excluding hydrogens is 594 g/mol. The Morgan fingerprint density at radius 1 is 0.822 bits per heavy atom. The Kier molecular flexibility index (Phi) is 6.59. The number of aromatic hydroxyl groups is 2. The maximum atomic E-state index is 15.1. The molecule has 10 heteroatoms. The van der Waals surface area contributed by atoms with Crippen LogP contribution >= 0.6 is 11.8 Å². The second kappa shape index (κ2) is 10.3. The summed E-state index contributed by atoms with van der Waals surface area (Å²) in [7, 11) is 5.88. The molecule has 9 nitrogen and oxygen atoms in total. The van der Waals surface area contributed by atoms with Gasteiger partial charge in [0.2, 0.25) is 5.88 Å². The number of ether oxygens (including phenoxy) is 4. The molecule has 0 fully saturated rings. The number of hydrogen-bond donors (Lipinski definition) is 2. The number of methoxy groups -OCH3 is 4. The predicted molar refractivity (Wildman–Crippen MR) is 169 cm³/mol. The first-order valence-electron chi connectivity index (χ1n) is 14.3. The van der Waals surface area contributed by atoms with Crippen molar-refractivity contribution in [3.05, 3.63) is 76.5 Å². The van der Waals surface area contributed by atoms with Gasteiger partial charge in [-0.05, 0) is 48.9 Å². The summed E-state index contributed by atoms with van der Waals surface area (Å²) in [6.07, 6.45) is 0.606. The molecule has 1 aromatic heterocycles. The number of fused-ring (bicyclic) bond motifs is 5. The van der Waals surface area contributed by atoms with Crippen LogP contribution in [0.1, 0.15) is 44.0 Å². The van der Waals surface area contributed by atoms with Gasteiger partial charge in [0.05, 0.1) is 44.8 Å². The van der Waals surface area contributed by atoms with Crippen molar-refractivity contribution in [2.45, 2.75) is 35.0 Å². The lowest BCUT2D eigenvalue weighted by molar-refractivity contribution is 0.0790. The number of benzene rings is 4. The Hall–Kier alpha value is -4.96. The Bertz CT molecular complexity index is 2110. The van der Waals surface area contributed by atoms with E-state index >= 15 is 4.79 Å². The first kappa shape index (κ1) is 28.8. The summed E-state index contributed by atoms with van der Waals surface area (Å²) in [6, 6.07) is 14.5. The molecule has 0 amide bonds. The van der Waals surface area contributed by atoms with E-state index in [4.69, 9.17) is 18.9 Å². The van der Waals surface area contributed by atoms with Crippen LogP contribution in [-0.4, -0.2) is 55.2 Å². The quantitative estimate of drug-likeness (QED) is 0.201. The molecule has 2 N–H and O–H groups in total. The fourth-order valence-corrected chi connectivity index (χ4v) is 8.18. The van der Waals surface area contributed by atoms with Crippen molar-refractivity contribution >= 4 is 44.9 Å². The highest BCUT2D eigenvalue weighted by Gasteiger charge is 2.61. The largest absolute Gasteiger partial charge is 0.507 e. The summed E-state index contributed by atoms with van der Waals surface area (Å²) >= 11 is 1.25. The zero-order valence-electron chi connectivity index (χ0n) is 25.2. The van der Waals surface area contributed by atoms with Gasteiger partial charge in [0.25, 0.3) is 0 Å². The predicted octanol–water partition coefficient (Wildman–Crippen LogP) is 6.56. The first-order chi connectivity index (χ1) is 21.7. The topological polar surface area (TPSA) is 124 Å². The Morgan fingerprint density at radius 2 is 1.53 bits per heavy atom. The van der Waals surface area contributed by atoms with Gasteiger partial charge in [0.15, 0.2) is 23.1 Å². The van der Waals surface area contributed by atoms with E-state index in [0.717, 1.165) is 21.5 Å². The Labute approximate surface area is 262 Å². The lowest BCUT2D eigenvalue weighted by atomic mass is 9.76. The van der Waals surface area contributed by atoms with Crippen LogP contribution in [0, 0.1) is 6.92 Å². The molecular formula is C35H29NO8S. The second-order valence-corrected chi connectivity index (χ2v) is 12.2. The number of carbonyl (C=O) groups is 2. The zero-order chi connectivity index (χ0) is 31.8. The highest BCUT2D eigenvalue weighted by Crippen LogP contribution is 2.60. The average molecular weight is 624 g/mol. The number of nitrogens with zero attached hydrogens (tertiary/aromatic N) is 1. The molecule has 1 atom stereocenters. The van der Waals surface area contributed by atoms with Crippen LogP contribution in [0.5, 0.6) is 34.6 Å². The number of aromatic nitrogens is 1. The van der Waals surface area contributed by atoms with Crippen LogP contribution in [0.3, 0.4) is 0 Å². The van der Waals surface area contributed by atoms with Crippen molar-refractivity contribution < 1.29 is 38.7 Å². The molecule has 0 bridgehead atoms. The van der Waals surface area contributed by atoms with E-state index in [1.807, 2.05) is 49.4 Å². The molecule has 0 saturated carbocycles. The number of Topliss-reactive ketones (excluding diaryl/α,β-unsaturated/α-hetero) is 2. The number of ketones is 2. The van der Waals surface area contributed by atoms with Crippen molar-refractivity contribution in [3.8, 4) is 34.6 Å². The third-order valence-corrected chi connectivity index (χ3v) is 9.98. The van der Waals surface area contributed by atoms with Crippen LogP contribution in [0.2, 0.25) is 0 Å². The van der Waals surface area contributed by atoms with Crippen molar-refractivity contribution in [1.82, 2.24) is 4.98 Å². The fourth-order valence-electron chi connectivity index (χ4n) is 7.06. The molecule has 45 heavy (non-hydrogen) atoms. The molecule has 4 aromatic carbocycles. The van der Waals surface area contributed by atoms with Gasteiger partial charge in [0, 0.05) is 38.1 Å².